The summed E-state index contributed by atoms with van der Waals surface area (Å²) in [5.41, 5.74) is -0.398. The van der Waals surface area contributed by atoms with E-state index in [-0.39, 0.29) is 17.6 Å². The van der Waals surface area contributed by atoms with Gasteiger partial charge in [0.25, 0.3) is 5.91 Å². The molecule has 2 aromatic rings. The van der Waals surface area contributed by atoms with Crippen LogP contribution in [0.25, 0.3) is 0 Å². The second kappa shape index (κ2) is 5.07. The molecule has 2 aliphatic heterocycles. The Labute approximate surface area is 138 Å². The zero-order chi connectivity index (χ0) is 16.1. The van der Waals surface area contributed by atoms with Crippen LogP contribution in [0.1, 0.15) is 41.2 Å². The second-order valence-corrected chi connectivity index (χ2v) is 6.85. The fraction of sp³-hybridized carbons (Fsp3) is 0.562. The number of nitrogens with zero attached hydrogens (tertiary/aromatic N) is 5. The standard InChI is InChI=1S/C16H17N5O3/c22-14(12-17-4-1-5-18-12)21-6-11-7-23-9-16(11,8-21)15-20-19-13(24-15)10-2-3-10/h1,4-5,10-11H,2-3,6-9H2/t11-,16-/m1/s1. The maximum atomic E-state index is 12.7. The van der Waals surface area contributed by atoms with E-state index < -0.39 is 5.41 Å². The van der Waals surface area contributed by atoms with Crippen LogP contribution < -0.4 is 0 Å². The molecule has 1 saturated carbocycles. The highest BCUT2D eigenvalue weighted by atomic mass is 16.5. The monoisotopic (exact) mass is 327 g/mol. The van der Waals surface area contributed by atoms with E-state index in [0.29, 0.717) is 38.1 Å². The van der Waals surface area contributed by atoms with Crippen molar-refractivity contribution in [1.82, 2.24) is 25.1 Å². The Morgan fingerprint density at radius 3 is 2.88 bits per heavy atom. The first-order chi connectivity index (χ1) is 11.8. The summed E-state index contributed by atoms with van der Waals surface area (Å²) in [4.78, 5) is 22.6. The number of carbonyl (C=O) groups is 1. The van der Waals surface area contributed by atoms with Crippen LogP contribution in [0.4, 0.5) is 0 Å². The van der Waals surface area contributed by atoms with Gasteiger partial charge in [-0.2, -0.15) is 0 Å². The van der Waals surface area contributed by atoms with Crippen molar-refractivity contribution in [3.05, 3.63) is 36.1 Å². The maximum Gasteiger partial charge on any atom is 0.291 e. The van der Waals surface area contributed by atoms with Crippen molar-refractivity contribution >= 4 is 5.91 Å². The largest absolute Gasteiger partial charge is 0.424 e. The highest BCUT2D eigenvalue weighted by Crippen LogP contribution is 2.45. The van der Waals surface area contributed by atoms with Crippen LogP contribution in [0, 0.1) is 5.92 Å². The molecule has 2 saturated heterocycles. The number of ether oxygens (including phenoxy) is 1. The van der Waals surface area contributed by atoms with E-state index in [1.54, 1.807) is 23.4 Å². The van der Waals surface area contributed by atoms with E-state index in [2.05, 4.69) is 20.2 Å². The van der Waals surface area contributed by atoms with Crippen molar-refractivity contribution in [3.63, 3.8) is 0 Å². The van der Waals surface area contributed by atoms with Gasteiger partial charge in [-0.1, -0.05) is 0 Å². The minimum Gasteiger partial charge on any atom is -0.424 e. The summed E-state index contributed by atoms with van der Waals surface area (Å²) in [7, 11) is 0. The molecule has 124 valence electrons. The number of amides is 1. The summed E-state index contributed by atoms with van der Waals surface area (Å²) in [6, 6.07) is 1.70. The highest BCUT2D eigenvalue weighted by Gasteiger charge is 2.56. The molecule has 4 heterocycles. The fourth-order valence-corrected chi connectivity index (χ4v) is 3.67. The minimum absolute atomic E-state index is 0.161. The van der Waals surface area contributed by atoms with Crippen molar-refractivity contribution < 1.29 is 13.9 Å². The quantitative estimate of drug-likeness (QED) is 0.822. The Balaban J connectivity index is 1.44. The van der Waals surface area contributed by atoms with Crippen LogP contribution in [0.5, 0.6) is 0 Å². The summed E-state index contributed by atoms with van der Waals surface area (Å²) in [5.74, 6) is 1.97. The molecule has 0 N–H and O–H groups in total. The Hall–Kier alpha value is -2.35. The lowest BCUT2D eigenvalue weighted by molar-refractivity contribution is 0.0726. The molecule has 0 unspecified atom stereocenters. The molecule has 5 rings (SSSR count). The van der Waals surface area contributed by atoms with Gasteiger partial charge in [-0.05, 0) is 18.9 Å². The van der Waals surface area contributed by atoms with Gasteiger partial charge in [0.05, 0.1) is 18.6 Å². The lowest BCUT2D eigenvalue weighted by atomic mass is 9.81. The molecule has 8 nitrogen and oxygen atoms in total. The molecule has 3 aliphatic rings. The third-order valence-electron chi connectivity index (χ3n) is 5.21. The van der Waals surface area contributed by atoms with E-state index in [1.165, 1.54) is 0 Å². The summed E-state index contributed by atoms with van der Waals surface area (Å²) >= 11 is 0. The van der Waals surface area contributed by atoms with Crippen molar-refractivity contribution in [3.8, 4) is 0 Å². The fourth-order valence-electron chi connectivity index (χ4n) is 3.67. The van der Waals surface area contributed by atoms with Crippen LogP contribution in [0.15, 0.2) is 22.9 Å². The first kappa shape index (κ1) is 14.0. The average Bonchev–Trinajstić information content (AvgIpc) is 3.05. The van der Waals surface area contributed by atoms with Crippen LogP contribution in [0.2, 0.25) is 0 Å². The van der Waals surface area contributed by atoms with Gasteiger partial charge in [0, 0.05) is 37.3 Å². The van der Waals surface area contributed by atoms with Crippen LogP contribution in [-0.2, 0) is 10.2 Å². The summed E-state index contributed by atoms with van der Waals surface area (Å²) in [5, 5.41) is 8.50. The molecule has 1 amide bonds. The molecular weight excluding hydrogens is 310 g/mol. The number of hydrogen-bond donors (Lipinski definition) is 0. The third kappa shape index (κ3) is 2.06. The first-order valence-corrected chi connectivity index (χ1v) is 8.24. The topological polar surface area (TPSA) is 94.2 Å². The Morgan fingerprint density at radius 1 is 1.25 bits per heavy atom. The molecule has 3 fully saturated rings. The third-order valence-corrected chi connectivity index (χ3v) is 5.21. The van der Waals surface area contributed by atoms with Crippen LogP contribution in [-0.4, -0.2) is 57.3 Å². The predicted molar refractivity (Wildman–Crippen MR) is 80.2 cm³/mol. The smallest absolute Gasteiger partial charge is 0.291 e. The molecule has 24 heavy (non-hydrogen) atoms. The number of carbonyl (C=O) groups excluding carboxylic acids is 1. The van der Waals surface area contributed by atoms with Gasteiger partial charge >= 0.3 is 0 Å². The highest BCUT2D eigenvalue weighted by molar-refractivity contribution is 5.90. The lowest BCUT2D eigenvalue weighted by Gasteiger charge is -2.22. The van der Waals surface area contributed by atoms with E-state index in [4.69, 9.17) is 9.15 Å². The van der Waals surface area contributed by atoms with E-state index in [1.807, 2.05) is 0 Å². The average molecular weight is 327 g/mol. The normalized spacial score (nSPS) is 29.0. The molecule has 0 bridgehead atoms. The number of fused-ring (bicyclic) bond motifs is 1. The summed E-state index contributed by atoms with van der Waals surface area (Å²) in [6.07, 6.45) is 5.39. The van der Waals surface area contributed by atoms with Gasteiger partial charge in [-0.25, -0.2) is 9.97 Å². The number of likely N-dealkylation sites (tertiary alicyclic amines) is 1. The summed E-state index contributed by atoms with van der Waals surface area (Å²) in [6.45, 7) is 2.20. The zero-order valence-electron chi connectivity index (χ0n) is 13.1. The predicted octanol–water partition coefficient (Wildman–Crippen LogP) is 0.777. The van der Waals surface area contributed by atoms with Crippen molar-refractivity contribution in [2.24, 2.45) is 5.92 Å². The van der Waals surface area contributed by atoms with Gasteiger partial charge in [-0.15, -0.1) is 10.2 Å². The Kier molecular flexibility index (Phi) is 2.97. The molecule has 0 spiro atoms. The number of hydrogen-bond acceptors (Lipinski definition) is 7. The summed E-state index contributed by atoms with van der Waals surface area (Å²) < 4.78 is 11.6. The van der Waals surface area contributed by atoms with Crippen molar-refractivity contribution in [2.45, 2.75) is 24.2 Å². The van der Waals surface area contributed by atoms with E-state index in [0.717, 1.165) is 18.7 Å². The van der Waals surface area contributed by atoms with Gasteiger partial charge < -0.3 is 14.1 Å². The maximum absolute atomic E-state index is 12.7. The Morgan fingerprint density at radius 2 is 2.08 bits per heavy atom. The molecule has 2 atom stereocenters. The van der Waals surface area contributed by atoms with E-state index in [9.17, 15) is 4.79 Å². The second-order valence-electron chi connectivity index (χ2n) is 6.85. The van der Waals surface area contributed by atoms with Gasteiger partial charge in [0.15, 0.2) is 0 Å². The first-order valence-electron chi connectivity index (χ1n) is 8.24. The minimum atomic E-state index is -0.398. The lowest BCUT2D eigenvalue weighted by Crippen LogP contribution is -2.38. The van der Waals surface area contributed by atoms with Crippen molar-refractivity contribution in [2.75, 3.05) is 26.3 Å². The number of rotatable bonds is 3. The molecule has 0 radical (unpaired) electrons. The van der Waals surface area contributed by atoms with Gasteiger partial charge in [0.1, 0.15) is 0 Å². The molecule has 8 heteroatoms. The van der Waals surface area contributed by atoms with Crippen molar-refractivity contribution in [1.29, 1.82) is 0 Å². The number of aromatic nitrogens is 4. The molecular formula is C16H17N5O3. The van der Waals surface area contributed by atoms with Gasteiger partial charge in [-0.3, -0.25) is 4.79 Å². The molecule has 1 aliphatic carbocycles. The SMILES string of the molecule is O=C(c1ncccn1)N1C[C@@H]2COC[C@]2(c2nnc(C3CC3)o2)C1. The molecule has 2 aromatic heterocycles. The zero-order valence-corrected chi connectivity index (χ0v) is 13.1. The van der Waals surface area contributed by atoms with Crippen LogP contribution in [0.3, 0.4) is 0 Å². The van der Waals surface area contributed by atoms with Crippen LogP contribution >= 0.6 is 0 Å². The van der Waals surface area contributed by atoms with Gasteiger partial charge in [0.2, 0.25) is 17.6 Å². The Bertz CT molecular complexity index is 775. The van der Waals surface area contributed by atoms with E-state index >= 15 is 0 Å². The molecule has 0 aromatic carbocycles.